The molecule has 0 saturated heterocycles. The fraction of sp³-hybridized carbons (Fsp3) is 0.176. The Morgan fingerprint density at radius 1 is 0.905 bits per heavy atom. The molecule has 0 unspecified atom stereocenters. The Bertz CT molecular complexity index is 575. The molecule has 2 nitrogen and oxygen atoms in total. The second-order valence-corrected chi connectivity index (χ2v) is 6.27. The molecule has 21 heavy (non-hydrogen) atoms. The second kappa shape index (κ2) is 8.40. The summed E-state index contributed by atoms with van der Waals surface area (Å²) in [5, 5.41) is 2.29. The first-order chi connectivity index (χ1) is 9.81. The van der Waals surface area contributed by atoms with Crippen LogP contribution in [0.1, 0.15) is 0 Å². The van der Waals surface area contributed by atoms with Gasteiger partial charge in [-0.2, -0.15) is 0 Å². The fourth-order valence-corrected chi connectivity index (χ4v) is 4.28. The number of benzene rings is 2. The molecule has 0 aliphatic heterocycles. The predicted octanol–water partition coefficient (Wildman–Crippen LogP) is 2.39. The van der Waals surface area contributed by atoms with Gasteiger partial charge in [0, 0.05) is 25.2 Å². The zero-order valence-electron chi connectivity index (χ0n) is 12.2. The number of hydrogen-bond donors (Lipinski definition) is 0. The minimum absolute atomic E-state index is 0. The number of rotatable bonds is 5. The van der Waals surface area contributed by atoms with Crippen molar-refractivity contribution in [3.63, 3.8) is 0 Å². The monoisotopic (exact) mass is 295 g/mol. The van der Waals surface area contributed by atoms with Crippen molar-refractivity contribution in [1.82, 2.24) is 0 Å². The lowest BCUT2D eigenvalue weighted by Gasteiger charge is -2.20. The molecule has 2 rings (SSSR count). The van der Waals surface area contributed by atoms with E-state index in [1.807, 2.05) is 36.4 Å². The molecule has 0 heterocycles. The Balaban J connectivity index is 0.00000220. The van der Waals surface area contributed by atoms with E-state index in [9.17, 15) is 0 Å². The molecule has 105 valence electrons. The van der Waals surface area contributed by atoms with E-state index in [4.69, 9.17) is 15.9 Å². The third kappa shape index (κ3) is 3.81. The fourth-order valence-electron chi connectivity index (χ4n) is 2.10. The lowest BCUT2D eigenvalue weighted by atomic mass is 10.3. The van der Waals surface area contributed by atoms with Gasteiger partial charge in [-0.15, -0.1) is 12.3 Å². The van der Waals surface area contributed by atoms with Crippen LogP contribution < -0.4 is 20.1 Å². The van der Waals surface area contributed by atoms with Crippen molar-refractivity contribution in [3.8, 4) is 23.8 Å². The van der Waals surface area contributed by atoms with Crippen molar-refractivity contribution in [2.45, 2.75) is 0 Å². The van der Waals surface area contributed by atoms with Crippen molar-refractivity contribution in [2.24, 2.45) is 0 Å². The molecule has 0 amide bonds. The summed E-state index contributed by atoms with van der Waals surface area (Å²) >= 11 is 0. The van der Waals surface area contributed by atoms with Gasteiger partial charge >= 0.3 is 0 Å². The normalized spacial score (nSPS) is 9.62. The first-order valence-corrected chi connectivity index (χ1v) is 7.81. The van der Waals surface area contributed by atoms with Gasteiger partial charge in [0.1, 0.15) is 11.5 Å². The van der Waals surface area contributed by atoms with Crippen LogP contribution in [-0.4, -0.2) is 28.8 Å². The van der Waals surface area contributed by atoms with Crippen LogP contribution in [0.3, 0.4) is 0 Å². The van der Waals surface area contributed by atoms with Crippen LogP contribution in [0, 0.1) is 12.3 Å². The molecular formula is C17H17BO2P. The quantitative estimate of drug-likeness (QED) is 0.479. The molecular weight excluding hydrogens is 278 g/mol. The van der Waals surface area contributed by atoms with E-state index in [0.29, 0.717) is 6.16 Å². The number of hydrogen-bond acceptors (Lipinski definition) is 2. The van der Waals surface area contributed by atoms with E-state index < -0.39 is 7.92 Å². The molecule has 3 radical (unpaired) electrons. The zero-order valence-corrected chi connectivity index (χ0v) is 13.1. The Hall–Kier alpha value is -1.91. The molecule has 0 aliphatic carbocycles. The minimum atomic E-state index is -0.690. The topological polar surface area (TPSA) is 18.5 Å². The Morgan fingerprint density at radius 2 is 1.33 bits per heavy atom. The van der Waals surface area contributed by atoms with Crippen molar-refractivity contribution >= 4 is 26.9 Å². The van der Waals surface area contributed by atoms with Crippen molar-refractivity contribution in [1.29, 1.82) is 0 Å². The van der Waals surface area contributed by atoms with Gasteiger partial charge in [0.15, 0.2) is 0 Å². The molecule has 0 saturated carbocycles. The molecule has 4 heteroatoms. The van der Waals surface area contributed by atoms with Gasteiger partial charge in [0.05, 0.1) is 14.2 Å². The number of methoxy groups -OCH3 is 2. The molecule has 2 aromatic carbocycles. The average Bonchev–Trinajstić information content (AvgIpc) is 2.52. The Morgan fingerprint density at radius 3 is 1.71 bits per heavy atom. The standard InChI is InChI=1S/C17H17O2P.B/c1-4-13-20(16-11-7-5-9-14(16)18-2)17-12-8-6-10-15(17)19-3;/h1,5-12H,13H2,2-3H3;. The highest BCUT2D eigenvalue weighted by Gasteiger charge is 2.19. The summed E-state index contributed by atoms with van der Waals surface area (Å²) in [5.41, 5.74) is 0. The maximum absolute atomic E-state index is 5.57. The van der Waals surface area contributed by atoms with Gasteiger partial charge in [-0.25, -0.2) is 0 Å². The molecule has 0 atom stereocenters. The van der Waals surface area contributed by atoms with Crippen LogP contribution in [-0.2, 0) is 0 Å². The Kier molecular flexibility index (Phi) is 6.86. The second-order valence-electron chi connectivity index (χ2n) is 4.13. The number of ether oxygens (including phenoxy) is 2. The molecule has 0 N–H and O–H groups in total. The summed E-state index contributed by atoms with van der Waals surface area (Å²) in [6.45, 7) is 0. The van der Waals surface area contributed by atoms with E-state index >= 15 is 0 Å². The van der Waals surface area contributed by atoms with E-state index in [2.05, 4.69) is 18.1 Å². The smallest absolute Gasteiger partial charge is 0.126 e. The molecule has 0 spiro atoms. The van der Waals surface area contributed by atoms with Crippen LogP contribution in [0.25, 0.3) is 0 Å². The SMILES string of the molecule is C#CCP(c1ccccc1OC)c1ccccc1OC.[B]. The summed E-state index contributed by atoms with van der Waals surface area (Å²) in [7, 11) is 2.68. The van der Waals surface area contributed by atoms with Crippen molar-refractivity contribution in [2.75, 3.05) is 20.4 Å². The molecule has 0 bridgehead atoms. The number of terminal acetylenes is 1. The highest BCUT2D eigenvalue weighted by Crippen LogP contribution is 2.39. The van der Waals surface area contributed by atoms with Gasteiger partial charge in [-0.1, -0.05) is 36.4 Å². The molecule has 0 fully saturated rings. The third-order valence-corrected chi connectivity index (χ3v) is 5.40. The summed E-state index contributed by atoms with van der Waals surface area (Å²) in [5.74, 6) is 4.53. The summed E-state index contributed by atoms with van der Waals surface area (Å²) < 4.78 is 10.9. The lowest BCUT2D eigenvalue weighted by Crippen LogP contribution is -2.17. The molecule has 0 aliphatic rings. The highest BCUT2D eigenvalue weighted by molar-refractivity contribution is 7.73. The maximum Gasteiger partial charge on any atom is 0.126 e. The largest absolute Gasteiger partial charge is 0.496 e. The van der Waals surface area contributed by atoms with Crippen LogP contribution in [0.15, 0.2) is 48.5 Å². The minimum Gasteiger partial charge on any atom is -0.496 e. The van der Waals surface area contributed by atoms with Crippen LogP contribution >= 0.6 is 7.92 Å². The Labute approximate surface area is 129 Å². The van der Waals surface area contributed by atoms with Crippen molar-refractivity contribution < 1.29 is 9.47 Å². The van der Waals surface area contributed by atoms with Gasteiger partial charge < -0.3 is 9.47 Å². The van der Waals surface area contributed by atoms with Crippen LogP contribution in [0.2, 0.25) is 0 Å². The van der Waals surface area contributed by atoms with E-state index in [1.54, 1.807) is 14.2 Å². The summed E-state index contributed by atoms with van der Waals surface area (Å²) in [6, 6.07) is 16.1. The van der Waals surface area contributed by atoms with Gasteiger partial charge in [0.2, 0.25) is 0 Å². The average molecular weight is 295 g/mol. The van der Waals surface area contributed by atoms with Crippen LogP contribution in [0.4, 0.5) is 0 Å². The number of para-hydroxylation sites is 2. The van der Waals surface area contributed by atoms with Crippen LogP contribution in [0.5, 0.6) is 11.5 Å². The maximum atomic E-state index is 5.57. The van der Waals surface area contributed by atoms with Gasteiger partial charge in [-0.05, 0) is 20.1 Å². The van der Waals surface area contributed by atoms with E-state index in [-0.39, 0.29) is 8.41 Å². The lowest BCUT2D eigenvalue weighted by molar-refractivity contribution is 0.417. The van der Waals surface area contributed by atoms with Gasteiger partial charge in [-0.3, -0.25) is 0 Å². The summed E-state index contributed by atoms with van der Waals surface area (Å²) in [4.78, 5) is 0. The van der Waals surface area contributed by atoms with E-state index in [0.717, 1.165) is 22.1 Å². The zero-order chi connectivity index (χ0) is 14.4. The highest BCUT2D eigenvalue weighted by atomic mass is 31.1. The first kappa shape index (κ1) is 17.1. The molecule has 2 aromatic rings. The van der Waals surface area contributed by atoms with Gasteiger partial charge in [0.25, 0.3) is 0 Å². The first-order valence-electron chi connectivity index (χ1n) is 6.29. The third-order valence-electron chi connectivity index (χ3n) is 3.00. The molecule has 0 aromatic heterocycles. The predicted molar refractivity (Wildman–Crippen MR) is 91.6 cm³/mol. The summed E-state index contributed by atoms with van der Waals surface area (Å²) in [6.07, 6.45) is 6.23. The van der Waals surface area contributed by atoms with E-state index in [1.165, 1.54) is 0 Å². The van der Waals surface area contributed by atoms with Crippen molar-refractivity contribution in [3.05, 3.63) is 48.5 Å².